The second-order valence-corrected chi connectivity index (χ2v) is 4.02. The topological polar surface area (TPSA) is 43.1 Å². The number of nitrogen functional groups attached to an aromatic ring is 1. The van der Waals surface area contributed by atoms with Crippen LogP contribution in [0.2, 0.25) is 0 Å². The van der Waals surface area contributed by atoms with Gasteiger partial charge in [-0.25, -0.2) is 8.78 Å². The number of rotatable bonds is 3. The van der Waals surface area contributed by atoms with Gasteiger partial charge in [-0.05, 0) is 35.9 Å². The third kappa shape index (κ3) is 3.48. The van der Waals surface area contributed by atoms with Crippen molar-refractivity contribution in [2.45, 2.75) is 0 Å². The first kappa shape index (κ1) is 13.0. The van der Waals surface area contributed by atoms with E-state index in [0.717, 1.165) is 23.8 Å². The molecule has 0 aliphatic rings. The highest BCUT2D eigenvalue weighted by molar-refractivity contribution is 6.06. The molecule has 0 atom stereocenters. The molecule has 0 saturated heterocycles. The Morgan fingerprint density at radius 3 is 2.16 bits per heavy atom. The number of halogens is 2. The molecule has 0 aliphatic heterocycles. The van der Waals surface area contributed by atoms with Crippen molar-refractivity contribution in [2.75, 3.05) is 5.73 Å². The van der Waals surface area contributed by atoms with E-state index in [-0.39, 0.29) is 5.56 Å². The summed E-state index contributed by atoms with van der Waals surface area (Å²) < 4.78 is 25.9. The number of hydrogen-bond donors (Lipinski definition) is 1. The molecule has 0 spiro atoms. The SMILES string of the molecule is Nc1ccc(/C=C/C(=O)c2cc(F)cc(F)c2)cc1. The Morgan fingerprint density at radius 2 is 1.58 bits per heavy atom. The first-order valence-electron chi connectivity index (χ1n) is 5.58. The summed E-state index contributed by atoms with van der Waals surface area (Å²) in [5, 5.41) is 0. The van der Waals surface area contributed by atoms with Gasteiger partial charge in [0.1, 0.15) is 11.6 Å². The molecule has 2 aromatic carbocycles. The third-order valence-corrected chi connectivity index (χ3v) is 2.51. The zero-order chi connectivity index (χ0) is 13.8. The van der Waals surface area contributed by atoms with Crippen molar-refractivity contribution in [3.05, 3.63) is 71.3 Å². The smallest absolute Gasteiger partial charge is 0.186 e. The van der Waals surface area contributed by atoms with Crippen LogP contribution in [0.1, 0.15) is 15.9 Å². The molecule has 0 aromatic heterocycles. The minimum absolute atomic E-state index is 0.0239. The molecule has 2 nitrogen and oxygen atoms in total. The van der Waals surface area contributed by atoms with Crippen molar-refractivity contribution < 1.29 is 13.6 Å². The molecule has 0 amide bonds. The van der Waals surface area contributed by atoms with E-state index in [4.69, 9.17) is 5.73 Å². The van der Waals surface area contributed by atoms with Gasteiger partial charge in [-0.1, -0.05) is 18.2 Å². The summed E-state index contributed by atoms with van der Waals surface area (Å²) in [7, 11) is 0. The van der Waals surface area contributed by atoms with Crippen molar-refractivity contribution in [3.63, 3.8) is 0 Å². The Balaban J connectivity index is 2.18. The zero-order valence-electron chi connectivity index (χ0n) is 9.94. The molecule has 2 rings (SSSR count). The van der Waals surface area contributed by atoms with Gasteiger partial charge in [0, 0.05) is 17.3 Å². The molecule has 19 heavy (non-hydrogen) atoms. The molecule has 0 fully saturated rings. The fourth-order valence-electron chi connectivity index (χ4n) is 1.57. The van der Waals surface area contributed by atoms with Crippen molar-refractivity contribution >= 4 is 17.5 Å². The Hall–Kier alpha value is -2.49. The maximum atomic E-state index is 13.0. The lowest BCUT2D eigenvalue weighted by atomic mass is 10.1. The Labute approximate surface area is 109 Å². The van der Waals surface area contributed by atoms with Crippen molar-refractivity contribution in [1.29, 1.82) is 0 Å². The number of nitrogens with two attached hydrogens (primary N) is 1. The summed E-state index contributed by atoms with van der Waals surface area (Å²) >= 11 is 0. The van der Waals surface area contributed by atoms with Crippen LogP contribution in [-0.2, 0) is 0 Å². The number of benzene rings is 2. The third-order valence-electron chi connectivity index (χ3n) is 2.51. The first-order valence-corrected chi connectivity index (χ1v) is 5.58. The molecule has 4 heteroatoms. The average molecular weight is 259 g/mol. The highest BCUT2D eigenvalue weighted by Gasteiger charge is 2.06. The number of carbonyl (C=O) groups excluding carboxylic acids is 1. The van der Waals surface area contributed by atoms with Gasteiger partial charge in [-0.2, -0.15) is 0 Å². The van der Waals surface area contributed by atoms with Crippen LogP contribution in [0.3, 0.4) is 0 Å². The summed E-state index contributed by atoms with van der Waals surface area (Å²) in [5.41, 5.74) is 6.91. The van der Waals surface area contributed by atoms with Gasteiger partial charge in [-0.3, -0.25) is 4.79 Å². The van der Waals surface area contributed by atoms with Crippen molar-refractivity contribution in [2.24, 2.45) is 0 Å². The number of ketones is 1. The van der Waals surface area contributed by atoms with E-state index < -0.39 is 17.4 Å². The molecular weight excluding hydrogens is 248 g/mol. The molecule has 96 valence electrons. The molecule has 0 bridgehead atoms. The Morgan fingerprint density at radius 1 is 1.00 bits per heavy atom. The second kappa shape index (κ2) is 5.44. The van der Waals surface area contributed by atoms with Crippen LogP contribution in [0.5, 0.6) is 0 Å². The van der Waals surface area contributed by atoms with Gasteiger partial charge in [0.15, 0.2) is 5.78 Å². The fourth-order valence-corrected chi connectivity index (χ4v) is 1.57. The van der Waals surface area contributed by atoms with Gasteiger partial charge in [0.25, 0.3) is 0 Å². The number of hydrogen-bond acceptors (Lipinski definition) is 2. The van der Waals surface area contributed by atoms with Crippen LogP contribution in [0, 0.1) is 11.6 Å². The molecule has 0 unspecified atom stereocenters. The quantitative estimate of drug-likeness (QED) is 0.521. The maximum absolute atomic E-state index is 13.0. The van der Waals surface area contributed by atoms with Crippen LogP contribution in [0.25, 0.3) is 6.08 Å². The summed E-state index contributed by atoms with van der Waals surface area (Å²) in [6.07, 6.45) is 2.82. The highest BCUT2D eigenvalue weighted by atomic mass is 19.1. The second-order valence-electron chi connectivity index (χ2n) is 4.02. The lowest BCUT2D eigenvalue weighted by Gasteiger charge is -1.98. The van der Waals surface area contributed by atoms with Crippen LogP contribution in [0.15, 0.2) is 48.5 Å². The monoisotopic (exact) mass is 259 g/mol. The van der Waals surface area contributed by atoms with Gasteiger partial charge in [0.05, 0.1) is 0 Å². The van der Waals surface area contributed by atoms with E-state index >= 15 is 0 Å². The van der Waals surface area contributed by atoms with E-state index in [9.17, 15) is 13.6 Å². The van der Waals surface area contributed by atoms with E-state index in [1.54, 1.807) is 30.3 Å². The van der Waals surface area contributed by atoms with Crippen LogP contribution in [0.4, 0.5) is 14.5 Å². The predicted octanol–water partition coefficient (Wildman–Crippen LogP) is 3.44. The summed E-state index contributed by atoms with van der Waals surface area (Å²) in [4.78, 5) is 11.7. The fraction of sp³-hybridized carbons (Fsp3) is 0. The van der Waals surface area contributed by atoms with Crippen LogP contribution in [-0.4, -0.2) is 5.78 Å². The number of carbonyl (C=O) groups is 1. The lowest BCUT2D eigenvalue weighted by Crippen LogP contribution is -1.96. The zero-order valence-corrected chi connectivity index (χ0v) is 9.94. The number of anilines is 1. The number of allylic oxidation sites excluding steroid dienone is 1. The standard InChI is InChI=1S/C15H11F2NO/c16-12-7-11(8-13(17)9-12)15(19)6-3-10-1-4-14(18)5-2-10/h1-9H,18H2/b6-3+. The molecule has 0 radical (unpaired) electrons. The largest absolute Gasteiger partial charge is 0.399 e. The van der Waals surface area contributed by atoms with Crippen molar-refractivity contribution in [1.82, 2.24) is 0 Å². The Kier molecular flexibility index (Phi) is 3.71. The van der Waals surface area contributed by atoms with E-state index in [2.05, 4.69) is 0 Å². The average Bonchev–Trinajstić information content (AvgIpc) is 2.36. The van der Waals surface area contributed by atoms with E-state index in [0.29, 0.717) is 5.69 Å². The van der Waals surface area contributed by atoms with Crippen molar-refractivity contribution in [3.8, 4) is 0 Å². The molecule has 0 heterocycles. The van der Waals surface area contributed by atoms with Gasteiger partial charge in [0.2, 0.25) is 0 Å². The molecule has 2 N–H and O–H groups in total. The molecule has 0 aliphatic carbocycles. The van der Waals surface area contributed by atoms with E-state index in [1.165, 1.54) is 6.08 Å². The Bertz CT molecular complexity index is 613. The van der Waals surface area contributed by atoms with Crippen LogP contribution >= 0.6 is 0 Å². The normalized spacial score (nSPS) is 10.8. The highest BCUT2D eigenvalue weighted by Crippen LogP contribution is 2.11. The summed E-state index contributed by atoms with van der Waals surface area (Å²) in [5.74, 6) is -2.01. The first-order chi connectivity index (χ1) is 9.04. The minimum Gasteiger partial charge on any atom is -0.399 e. The molecule has 0 saturated carbocycles. The lowest BCUT2D eigenvalue weighted by molar-refractivity contribution is 0.104. The predicted molar refractivity (Wildman–Crippen MR) is 70.6 cm³/mol. The van der Waals surface area contributed by atoms with Gasteiger partial charge >= 0.3 is 0 Å². The van der Waals surface area contributed by atoms with E-state index in [1.807, 2.05) is 0 Å². The minimum atomic E-state index is -0.774. The van der Waals surface area contributed by atoms with Crippen LogP contribution < -0.4 is 5.73 Å². The maximum Gasteiger partial charge on any atom is 0.186 e. The summed E-state index contributed by atoms with van der Waals surface area (Å²) in [6.45, 7) is 0. The van der Waals surface area contributed by atoms with Gasteiger partial charge < -0.3 is 5.73 Å². The molecule has 2 aromatic rings. The molecular formula is C15H11F2NO. The summed E-state index contributed by atoms with van der Waals surface area (Å²) in [6, 6.07) is 9.60. The van der Waals surface area contributed by atoms with Gasteiger partial charge in [-0.15, -0.1) is 0 Å².